The van der Waals surface area contributed by atoms with Crippen molar-refractivity contribution in [2.75, 3.05) is 11.9 Å². The fourth-order valence-electron chi connectivity index (χ4n) is 2.92. The van der Waals surface area contributed by atoms with Gasteiger partial charge >= 0.3 is 0 Å². The highest BCUT2D eigenvalue weighted by atomic mass is 32.1. The third kappa shape index (κ3) is 4.46. The molecule has 2 atom stereocenters. The number of nitrogens with two attached hydrogens (primary N) is 1. The van der Waals surface area contributed by atoms with Crippen molar-refractivity contribution in [1.82, 2.24) is 4.98 Å². The molecule has 0 saturated heterocycles. The molecule has 104 valence electrons. The first-order valence-corrected chi connectivity index (χ1v) is 7.55. The SMILES string of the molecule is CC1CCCC(CCNc2ccnc(C(N)=S)c2)C1. The Bertz CT molecular complexity index is 433. The van der Waals surface area contributed by atoms with Crippen LogP contribution in [0.1, 0.15) is 44.7 Å². The Morgan fingerprint density at radius 2 is 2.37 bits per heavy atom. The molecule has 3 N–H and O–H groups in total. The van der Waals surface area contributed by atoms with Crippen LogP contribution in [0.4, 0.5) is 5.69 Å². The van der Waals surface area contributed by atoms with Crippen LogP contribution in [0.25, 0.3) is 0 Å². The van der Waals surface area contributed by atoms with E-state index >= 15 is 0 Å². The molecule has 0 aliphatic heterocycles. The Kier molecular flexibility index (Phi) is 5.14. The third-order valence-electron chi connectivity index (χ3n) is 3.94. The number of nitrogens with zero attached hydrogens (tertiary/aromatic N) is 1. The first-order chi connectivity index (χ1) is 9.15. The van der Waals surface area contributed by atoms with Crippen molar-refractivity contribution in [2.24, 2.45) is 17.6 Å². The summed E-state index contributed by atoms with van der Waals surface area (Å²) in [6.07, 6.45) is 8.57. The van der Waals surface area contributed by atoms with E-state index in [2.05, 4.69) is 17.2 Å². The summed E-state index contributed by atoms with van der Waals surface area (Å²) in [4.78, 5) is 4.49. The normalized spacial score (nSPS) is 23.0. The maximum absolute atomic E-state index is 5.58. The molecule has 0 spiro atoms. The van der Waals surface area contributed by atoms with Gasteiger partial charge in [0.25, 0.3) is 0 Å². The molecule has 1 aliphatic rings. The van der Waals surface area contributed by atoms with E-state index in [-0.39, 0.29) is 0 Å². The Hall–Kier alpha value is -1.16. The molecule has 0 radical (unpaired) electrons. The van der Waals surface area contributed by atoms with Crippen LogP contribution < -0.4 is 11.1 Å². The summed E-state index contributed by atoms with van der Waals surface area (Å²) in [6.45, 7) is 3.38. The molecule has 0 amide bonds. The van der Waals surface area contributed by atoms with E-state index in [0.717, 1.165) is 24.1 Å². The van der Waals surface area contributed by atoms with Crippen LogP contribution in [-0.4, -0.2) is 16.5 Å². The van der Waals surface area contributed by atoms with Gasteiger partial charge in [-0.3, -0.25) is 4.98 Å². The van der Waals surface area contributed by atoms with Crippen molar-refractivity contribution in [3.63, 3.8) is 0 Å². The molecular formula is C15H23N3S. The average Bonchev–Trinajstić information content (AvgIpc) is 2.39. The van der Waals surface area contributed by atoms with E-state index in [4.69, 9.17) is 18.0 Å². The number of anilines is 1. The van der Waals surface area contributed by atoms with Gasteiger partial charge < -0.3 is 11.1 Å². The van der Waals surface area contributed by atoms with Gasteiger partial charge in [0.1, 0.15) is 4.99 Å². The molecule has 19 heavy (non-hydrogen) atoms. The fraction of sp³-hybridized carbons (Fsp3) is 0.600. The summed E-state index contributed by atoms with van der Waals surface area (Å²) in [5.41, 5.74) is 7.33. The average molecular weight is 277 g/mol. The van der Waals surface area contributed by atoms with Crippen molar-refractivity contribution in [2.45, 2.75) is 39.0 Å². The first kappa shape index (κ1) is 14.3. The van der Waals surface area contributed by atoms with E-state index in [1.54, 1.807) is 6.20 Å². The van der Waals surface area contributed by atoms with Crippen LogP contribution in [-0.2, 0) is 0 Å². The summed E-state index contributed by atoms with van der Waals surface area (Å²) in [5, 5.41) is 3.45. The minimum atomic E-state index is 0.352. The fourth-order valence-corrected chi connectivity index (χ4v) is 3.03. The lowest BCUT2D eigenvalue weighted by atomic mass is 9.81. The van der Waals surface area contributed by atoms with Gasteiger partial charge in [-0.25, -0.2) is 0 Å². The van der Waals surface area contributed by atoms with E-state index in [9.17, 15) is 0 Å². The second-order valence-electron chi connectivity index (χ2n) is 5.65. The third-order valence-corrected chi connectivity index (χ3v) is 4.15. The molecule has 1 fully saturated rings. The number of hydrogen-bond acceptors (Lipinski definition) is 3. The Morgan fingerprint density at radius 1 is 1.53 bits per heavy atom. The highest BCUT2D eigenvalue weighted by Gasteiger charge is 2.18. The van der Waals surface area contributed by atoms with E-state index in [0.29, 0.717) is 10.7 Å². The van der Waals surface area contributed by atoms with Gasteiger partial charge in [-0.2, -0.15) is 0 Å². The summed E-state index contributed by atoms with van der Waals surface area (Å²) in [5.74, 6) is 1.79. The number of pyridine rings is 1. The number of aromatic nitrogens is 1. The molecular weight excluding hydrogens is 254 g/mol. The zero-order valence-electron chi connectivity index (χ0n) is 11.6. The second kappa shape index (κ2) is 6.85. The van der Waals surface area contributed by atoms with E-state index in [1.807, 2.05) is 12.1 Å². The van der Waals surface area contributed by atoms with Crippen molar-refractivity contribution >= 4 is 22.9 Å². The van der Waals surface area contributed by atoms with Gasteiger partial charge in [0.05, 0.1) is 5.69 Å². The summed E-state index contributed by atoms with van der Waals surface area (Å²) in [7, 11) is 0. The van der Waals surface area contributed by atoms with Crippen LogP contribution >= 0.6 is 12.2 Å². The number of thiocarbonyl (C=S) groups is 1. The maximum atomic E-state index is 5.58. The quantitative estimate of drug-likeness (QED) is 0.810. The van der Waals surface area contributed by atoms with Gasteiger partial charge in [-0.15, -0.1) is 0 Å². The number of rotatable bonds is 5. The van der Waals surface area contributed by atoms with Crippen LogP contribution in [0.3, 0.4) is 0 Å². The van der Waals surface area contributed by atoms with E-state index in [1.165, 1.54) is 32.1 Å². The number of hydrogen-bond donors (Lipinski definition) is 2. The summed E-state index contributed by atoms with van der Waals surface area (Å²) >= 11 is 4.94. The zero-order chi connectivity index (χ0) is 13.7. The van der Waals surface area contributed by atoms with Gasteiger partial charge in [-0.05, 0) is 36.8 Å². The molecule has 1 saturated carbocycles. The standard InChI is InChI=1S/C15H23N3S/c1-11-3-2-4-12(9-11)5-7-17-13-6-8-18-14(10-13)15(16)19/h6,8,10-12H,2-5,7,9H2,1H3,(H2,16,19)(H,17,18). The molecule has 1 aliphatic carbocycles. The predicted molar refractivity (Wildman–Crippen MR) is 84.4 cm³/mol. The largest absolute Gasteiger partial charge is 0.388 e. The van der Waals surface area contributed by atoms with Crippen LogP contribution in [0.15, 0.2) is 18.3 Å². The maximum Gasteiger partial charge on any atom is 0.122 e. The molecule has 1 aromatic heterocycles. The van der Waals surface area contributed by atoms with Crippen LogP contribution in [0.5, 0.6) is 0 Å². The van der Waals surface area contributed by atoms with Crippen molar-refractivity contribution in [3.8, 4) is 0 Å². The van der Waals surface area contributed by atoms with Crippen molar-refractivity contribution in [3.05, 3.63) is 24.0 Å². The topological polar surface area (TPSA) is 50.9 Å². The molecule has 1 heterocycles. The molecule has 2 unspecified atom stereocenters. The monoisotopic (exact) mass is 277 g/mol. The lowest BCUT2D eigenvalue weighted by Gasteiger charge is -2.26. The van der Waals surface area contributed by atoms with E-state index < -0.39 is 0 Å². The minimum absolute atomic E-state index is 0.352. The van der Waals surface area contributed by atoms with Crippen molar-refractivity contribution < 1.29 is 0 Å². The number of nitrogens with one attached hydrogen (secondary N) is 1. The highest BCUT2D eigenvalue weighted by Crippen LogP contribution is 2.30. The molecule has 1 aromatic rings. The van der Waals surface area contributed by atoms with Crippen LogP contribution in [0.2, 0.25) is 0 Å². The molecule has 3 nitrogen and oxygen atoms in total. The van der Waals surface area contributed by atoms with Crippen molar-refractivity contribution in [1.29, 1.82) is 0 Å². The Labute approximate surface area is 121 Å². The molecule has 4 heteroatoms. The smallest absolute Gasteiger partial charge is 0.122 e. The first-order valence-electron chi connectivity index (χ1n) is 7.15. The zero-order valence-corrected chi connectivity index (χ0v) is 12.4. The summed E-state index contributed by atoms with van der Waals surface area (Å²) < 4.78 is 0. The van der Waals surface area contributed by atoms with Gasteiger partial charge in [-0.1, -0.05) is 38.4 Å². The summed E-state index contributed by atoms with van der Waals surface area (Å²) in [6, 6.07) is 3.89. The van der Waals surface area contributed by atoms with Gasteiger partial charge in [0.15, 0.2) is 0 Å². The lowest BCUT2D eigenvalue weighted by molar-refractivity contribution is 0.274. The highest BCUT2D eigenvalue weighted by molar-refractivity contribution is 7.80. The van der Waals surface area contributed by atoms with Crippen LogP contribution in [0, 0.1) is 11.8 Å². The molecule has 0 aromatic carbocycles. The van der Waals surface area contributed by atoms with Gasteiger partial charge in [0, 0.05) is 18.4 Å². The minimum Gasteiger partial charge on any atom is -0.388 e. The lowest BCUT2D eigenvalue weighted by Crippen LogP contribution is -2.17. The molecule has 2 rings (SSSR count). The predicted octanol–water partition coefficient (Wildman–Crippen LogP) is 3.34. The Balaban J connectivity index is 1.79. The molecule has 0 bridgehead atoms. The van der Waals surface area contributed by atoms with Gasteiger partial charge in [0.2, 0.25) is 0 Å². The second-order valence-corrected chi connectivity index (χ2v) is 6.09. The Morgan fingerprint density at radius 3 is 3.11 bits per heavy atom.